The number of hydrogen-bond donors (Lipinski definition) is 0. The summed E-state index contributed by atoms with van der Waals surface area (Å²) >= 11 is 0. The molecule has 0 fully saturated rings. The summed E-state index contributed by atoms with van der Waals surface area (Å²) in [4.78, 5) is 0.220. The number of nitrogens with zero attached hydrogens (tertiary/aromatic N) is 1. The van der Waals surface area contributed by atoms with E-state index in [1.54, 1.807) is 55.6 Å². The number of methoxy groups -OCH3 is 2. The smallest absolute Gasteiger partial charge is 0.268 e. The van der Waals surface area contributed by atoms with Gasteiger partial charge in [-0.1, -0.05) is 18.2 Å². The van der Waals surface area contributed by atoms with Crippen molar-refractivity contribution in [2.45, 2.75) is 4.90 Å². The summed E-state index contributed by atoms with van der Waals surface area (Å²) in [5, 5.41) is 0.682. The SMILES string of the molecule is COc1ccc(OC)c2c1ccn2S(=O)(=O)c1ccccc1. The van der Waals surface area contributed by atoms with Gasteiger partial charge in [-0.2, -0.15) is 0 Å². The predicted octanol–water partition coefficient (Wildman–Crippen LogP) is 2.90. The third-order valence-electron chi connectivity index (χ3n) is 3.48. The van der Waals surface area contributed by atoms with Gasteiger partial charge in [-0.25, -0.2) is 12.4 Å². The van der Waals surface area contributed by atoms with Crippen LogP contribution in [0.3, 0.4) is 0 Å². The fourth-order valence-electron chi connectivity index (χ4n) is 2.42. The highest BCUT2D eigenvalue weighted by molar-refractivity contribution is 7.90. The van der Waals surface area contributed by atoms with Gasteiger partial charge in [0.25, 0.3) is 10.0 Å². The first-order chi connectivity index (χ1) is 10.6. The van der Waals surface area contributed by atoms with E-state index in [1.807, 2.05) is 0 Å². The molecule has 0 aliphatic rings. The number of fused-ring (bicyclic) bond motifs is 1. The molecule has 0 saturated carbocycles. The van der Waals surface area contributed by atoms with E-state index >= 15 is 0 Å². The summed E-state index contributed by atoms with van der Waals surface area (Å²) in [5.41, 5.74) is 0.464. The molecule has 6 heteroatoms. The van der Waals surface area contributed by atoms with Gasteiger partial charge < -0.3 is 9.47 Å². The highest BCUT2D eigenvalue weighted by Crippen LogP contribution is 2.35. The monoisotopic (exact) mass is 317 g/mol. The normalized spacial score (nSPS) is 11.5. The molecule has 0 N–H and O–H groups in total. The number of hydrogen-bond acceptors (Lipinski definition) is 4. The van der Waals surface area contributed by atoms with Crippen LogP contribution in [0.15, 0.2) is 59.6 Å². The second-order valence-electron chi connectivity index (χ2n) is 4.66. The van der Waals surface area contributed by atoms with Gasteiger partial charge in [0.2, 0.25) is 0 Å². The Labute approximate surface area is 128 Å². The van der Waals surface area contributed by atoms with Crippen molar-refractivity contribution in [3.8, 4) is 11.5 Å². The summed E-state index contributed by atoms with van der Waals surface area (Å²) < 4.78 is 37.5. The molecule has 5 nitrogen and oxygen atoms in total. The molecule has 0 bridgehead atoms. The van der Waals surface area contributed by atoms with E-state index in [1.165, 1.54) is 17.3 Å². The summed E-state index contributed by atoms with van der Waals surface area (Å²) in [6.07, 6.45) is 1.51. The van der Waals surface area contributed by atoms with Crippen LogP contribution >= 0.6 is 0 Å². The Morgan fingerprint density at radius 1 is 0.864 bits per heavy atom. The Hall–Kier alpha value is -2.47. The van der Waals surface area contributed by atoms with Gasteiger partial charge in [0.1, 0.15) is 17.0 Å². The molecular weight excluding hydrogens is 302 g/mol. The number of benzene rings is 2. The molecule has 0 unspecified atom stereocenters. The first kappa shape index (κ1) is 14.5. The third kappa shape index (κ3) is 2.12. The number of rotatable bonds is 4. The average Bonchev–Trinajstić information content (AvgIpc) is 3.00. The Balaban J connectivity index is 2.33. The van der Waals surface area contributed by atoms with Crippen molar-refractivity contribution in [2.24, 2.45) is 0 Å². The van der Waals surface area contributed by atoms with Crippen molar-refractivity contribution < 1.29 is 17.9 Å². The van der Waals surface area contributed by atoms with Gasteiger partial charge in [-0.3, -0.25) is 0 Å². The first-order valence-corrected chi connectivity index (χ1v) is 8.06. The maximum Gasteiger partial charge on any atom is 0.268 e. The molecule has 1 heterocycles. The van der Waals surface area contributed by atoms with Crippen LogP contribution in [0.1, 0.15) is 0 Å². The molecule has 0 aliphatic heterocycles. The molecule has 0 atom stereocenters. The molecule has 2 aromatic carbocycles. The molecule has 3 aromatic rings. The maximum atomic E-state index is 12.8. The molecule has 1 aromatic heterocycles. The second-order valence-corrected chi connectivity index (χ2v) is 6.48. The largest absolute Gasteiger partial charge is 0.496 e. The van der Waals surface area contributed by atoms with Gasteiger partial charge in [-0.15, -0.1) is 0 Å². The van der Waals surface area contributed by atoms with Crippen LogP contribution in [-0.4, -0.2) is 26.6 Å². The lowest BCUT2D eigenvalue weighted by atomic mass is 10.2. The fourth-order valence-corrected chi connectivity index (χ4v) is 3.80. The van der Waals surface area contributed by atoms with Crippen molar-refractivity contribution in [1.29, 1.82) is 0 Å². The minimum atomic E-state index is -3.70. The summed E-state index contributed by atoms with van der Waals surface area (Å²) in [6, 6.07) is 13.4. The quantitative estimate of drug-likeness (QED) is 0.742. The van der Waals surface area contributed by atoms with Crippen LogP contribution in [0.4, 0.5) is 0 Å². The highest BCUT2D eigenvalue weighted by Gasteiger charge is 2.22. The minimum absolute atomic E-state index is 0.220. The molecule has 0 spiro atoms. The van der Waals surface area contributed by atoms with E-state index in [2.05, 4.69) is 0 Å². The van der Waals surface area contributed by atoms with Crippen molar-refractivity contribution >= 4 is 20.9 Å². The van der Waals surface area contributed by atoms with Crippen LogP contribution < -0.4 is 9.47 Å². The van der Waals surface area contributed by atoms with Gasteiger partial charge in [0, 0.05) is 11.6 Å². The van der Waals surface area contributed by atoms with Crippen molar-refractivity contribution in [3.05, 3.63) is 54.7 Å². The summed E-state index contributed by atoms with van der Waals surface area (Å²) in [5.74, 6) is 1.07. The van der Waals surface area contributed by atoms with E-state index in [0.29, 0.717) is 22.4 Å². The van der Waals surface area contributed by atoms with Gasteiger partial charge >= 0.3 is 0 Å². The zero-order valence-electron chi connectivity index (χ0n) is 12.2. The third-order valence-corrected chi connectivity index (χ3v) is 5.17. The molecule has 0 radical (unpaired) electrons. The van der Waals surface area contributed by atoms with Crippen molar-refractivity contribution in [2.75, 3.05) is 14.2 Å². The van der Waals surface area contributed by atoms with Gasteiger partial charge in [0.15, 0.2) is 0 Å². The molecular formula is C16H15NO4S. The lowest BCUT2D eigenvalue weighted by Crippen LogP contribution is -2.12. The summed E-state index contributed by atoms with van der Waals surface area (Å²) in [6.45, 7) is 0. The van der Waals surface area contributed by atoms with E-state index in [0.717, 1.165) is 0 Å². The standard InChI is InChI=1S/C16H15NO4S/c1-20-14-8-9-15(21-2)16-13(14)10-11-17(16)22(18,19)12-6-4-3-5-7-12/h3-11H,1-2H3. The van der Waals surface area contributed by atoms with Crippen LogP contribution in [0.25, 0.3) is 10.9 Å². The molecule has 0 amide bonds. The topological polar surface area (TPSA) is 57.5 Å². The van der Waals surface area contributed by atoms with Crippen LogP contribution in [-0.2, 0) is 10.0 Å². The van der Waals surface area contributed by atoms with Crippen LogP contribution in [0.2, 0.25) is 0 Å². The second kappa shape index (κ2) is 5.38. The number of ether oxygens (including phenoxy) is 2. The lowest BCUT2D eigenvalue weighted by molar-refractivity contribution is 0.410. The Kier molecular flexibility index (Phi) is 3.54. The molecule has 0 aliphatic carbocycles. The first-order valence-electron chi connectivity index (χ1n) is 6.62. The summed E-state index contributed by atoms with van der Waals surface area (Å²) in [7, 11) is -0.645. The van der Waals surface area contributed by atoms with E-state index < -0.39 is 10.0 Å². The Morgan fingerprint density at radius 2 is 1.50 bits per heavy atom. The predicted molar refractivity (Wildman–Crippen MR) is 84.1 cm³/mol. The van der Waals surface area contributed by atoms with Crippen LogP contribution in [0.5, 0.6) is 11.5 Å². The minimum Gasteiger partial charge on any atom is -0.496 e. The highest BCUT2D eigenvalue weighted by atomic mass is 32.2. The average molecular weight is 317 g/mol. The van der Waals surface area contributed by atoms with E-state index in [9.17, 15) is 8.42 Å². The zero-order chi connectivity index (χ0) is 15.7. The van der Waals surface area contributed by atoms with Crippen LogP contribution in [0, 0.1) is 0 Å². The molecule has 22 heavy (non-hydrogen) atoms. The zero-order valence-corrected chi connectivity index (χ0v) is 13.0. The van der Waals surface area contributed by atoms with E-state index in [4.69, 9.17) is 9.47 Å². The number of aromatic nitrogens is 1. The van der Waals surface area contributed by atoms with Crippen molar-refractivity contribution in [1.82, 2.24) is 3.97 Å². The molecule has 0 saturated heterocycles. The Bertz CT molecular complexity index is 914. The molecule has 114 valence electrons. The maximum absolute atomic E-state index is 12.8. The van der Waals surface area contributed by atoms with Gasteiger partial charge in [-0.05, 0) is 30.3 Å². The lowest BCUT2D eigenvalue weighted by Gasteiger charge is -2.11. The van der Waals surface area contributed by atoms with Gasteiger partial charge in [0.05, 0.1) is 19.1 Å². The van der Waals surface area contributed by atoms with E-state index in [-0.39, 0.29) is 4.90 Å². The van der Waals surface area contributed by atoms with Crippen molar-refractivity contribution in [3.63, 3.8) is 0 Å². The fraction of sp³-hybridized carbons (Fsp3) is 0.125. The molecule has 3 rings (SSSR count). The Morgan fingerprint density at radius 3 is 2.14 bits per heavy atom.